The Kier molecular flexibility index (Phi) is 5.00. The largest absolute Gasteiger partial charge is 0.383 e. The highest BCUT2D eigenvalue weighted by Crippen LogP contribution is 2.26. The highest BCUT2D eigenvalue weighted by molar-refractivity contribution is 6.00. The lowest BCUT2D eigenvalue weighted by molar-refractivity contribution is -0.384. The van der Waals surface area contributed by atoms with Crippen molar-refractivity contribution in [2.45, 2.75) is 19.9 Å². The van der Waals surface area contributed by atoms with Gasteiger partial charge >= 0.3 is 0 Å². The maximum atomic E-state index is 11.6. The fourth-order valence-electron chi connectivity index (χ4n) is 1.82. The Hall–Kier alpha value is -1.95. The van der Waals surface area contributed by atoms with Crippen LogP contribution >= 0.6 is 0 Å². The summed E-state index contributed by atoms with van der Waals surface area (Å²) in [7, 11) is 3.43. The van der Waals surface area contributed by atoms with Crippen LogP contribution in [0, 0.1) is 10.1 Å². The average Bonchev–Trinajstić information content (AvgIpc) is 2.37. The zero-order valence-corrected chi connectivity index (χ0v) is 11.5. The first-order valence-corrected chi connectivity index (χ1v) is 5.89. The van der Waals surface area contributed by atoms with Crippen molar-refractivity contribution in [3.63, 3.8) is 0 Å². The lowest BCUT2D eigenvalue weighted by Crippen LogP contribution is -2.33. The van der Waals surface area contributed by atoms with Crippen molar-refractivity contribution in [2.75, 3.05) is 25.7 Å². The van der Waals surface area contributed by atoms with Crippen molar-refractivity contribution in [2.24, 2.45) is 0 Å². The van der Waals surface area contributed by atoms with Gasteiger partial charge in [-0.25, -0.2) is 0 Å². The molecule has 6 nitrogen and oxygen atoms in total. The average molecular weight is 266 g/mol. The summed E-state index contributed by atoms with van der Waals surface area (Å²) in [6, 6.07) is 4.37. The van der Waals surface area contributed by atoms with Crippen LogP contribution in [-0.4, -0.2) is 37.5 Å². The number of ketones is 1. The monoisotopic (exact) mass is 266 g/mol. The van der Waals surface area contributed by atoms with Crippen LogP contribution in [0.2, 0.25) is 0 Å². The highest BCUT2D eigenvalue weighted by Gasteiger charge is 2.19. The Labute approximate surface area is 112 Å². The predicted molar refractivity (Wildman–Crippen MR) is 72.8 cm³/mol. The number of hydrogen-bond acceptors (Lipinski definition) is 5. The van der Waals surface area contributed by atoms with Gasteiger partial charge in [0.25, 0.3) is 5.69 Å². The number of non-ortho nitro benzene ring substituents is 1. The van der Waals surface area contributed by atoms with Crippen molar-refractivity contribution >= 4 is 17.2 Å². The minimum atomic E-state index is -0.505. The molecule has 0 heterocycles. The standard InChI is InChI=1S/C13H18N2O4/c1-9(8-19-4)14(3)13-6-5-11(15(17)18)7-12(13)10(2)16/h5-7,9H,8H2,1-4H3. The van der Waals surface area contributed by atoms with Gasteiger partial charge in [0.15, 0.2) is 5.78 Å². The molecule has 0 fully saturated rings. The lowest BCUT2D eigenvalue weighted by atomic mass is 10.1. The van der Waals surface area contributed by atoms with Crippen LogP contribution in [-0.2, 0) is 4.74 Å². The Morgan fingerprint density at radius 2 is 2.16 bits per heavy atom. The molecule has 1 aromatic rings. The SMILES string of the molecule is COCC(C)N(C)c1ccc([N+](=O)[O-])cc1C(C)=O. The van der Waals surface area contributed by atoms with E-state index in [9.17, 15) is 14.9 Å². The molecule has 0 aliphatic carbocycles. The molecule has 0 saturated carbocycles. The fraction of sp³-hybridized carbons (Fsp3) is 0.462. The van der Waals surface area contributed by atoms with Gasteiger partial charge in [-0.05, 0) is 19.9 Å². The zero-order valence-electron chi connectivity index (χ0n) is 11.5. The summed E-state index contributed by atoms with van der Waals surface area (Å²) in [5.41, 5.74) is 0.934. The van der Waals surface area contributed by atoms with Gasteiger partial charge in [-0.2, -0.15) is 0 Å². The number of rotatable bonds is 6. The number of hydrogen-bond donors (Lipinski definition) is 0. The van der Waals surface area contributed by atoms with E-state index in [0.29, 0.717) is 17.9 Å². The van der Waals surface area contributed by atoms with Gasteiger partial charge in [0.1, 0.15) is 0 Å². The first-order chi connectivity index (χ1) is 8.88. The first kappa shape index (κ1) is 15.1. The van der Waals surface area contributed by atoms with Crippen LogP contribution in [0.4, 0.5) is 11.4 Å². The minimum absolute atomic E-state index is 0.0598. The molecular formula is C13H18N2O4. The molecule has 0 saturated heterocycles. The van der Waals surface area contributed by atoms with E-state index in [1.807, 2.05) is 18.9 Å². The topological polar surface area (TPSA) is 72.7 Å². The number of nitro benzene ring substituents is 1. The maximum absolute atomic E-state index is 11.6. The van der Waals surface area contributed by atoms with Crippen molar-refractivity contribution in [3.8, 4) is 0 Å². The number of likely N-dealkylation sites (N-methyl/N-ethyl adjacent to an activating group) is 1. The van der Waals surface area contributed by atoms with Gasteiger partial charge in [-0.15, -0.1) is 0 Å². The predicted octanol–water partition coefficient (Wildman–Crippen LogP) is 2.27. The van der Waals surface area contributed by atoms with Crippen LogP contribution in [0.25, 0.3) is 0 Å². The normalized spacial score (nSPS) is 12.0. The Balaban J connectivity index is 3.20. The van der Waals surface area contributed by atoms with Crippen LogP contribution in [0.15, 0.2) is 18.2 Å². The lowest BCUT2D eigenvalue weighted by Gasteiger charge is -2.27. The van der Waals surface area contributed by atoms with E-state index < -0.39 is 4.92 Å². The van der Waals surface area contributed by atoms with Crippen LogP contribution in [0.1, 0.15) is 24.2 Å². The number of carbonyl (C=O) groups is 1. The Morgan fingerprint density at radius 1 is 1.53 bits per heavy atom. The minimum Gasteiger partial charge on any atom is -0.383 e. The summed E-state index contributed by atoms with van der Waals surface area (Å²) in [4.78, 5) is 23.8. The van der Waals surface area contributed by atoms with Gasteiger partial charge in [0.05, 0.1) is 11.5 Å². The van der Waals surface area contributed by atoms with E-state index in [2.05, 4.69) is 0 Å². The molecular weight excluding hydrogens is 248 g/mol. The molecule has 0 radical (unpaired) electrons. The van der Waals surface area contributed by atoms with Crippen LogP contribution in [0.3, 0.4) is 0 Å². The van der Waals surface area contributed by atoms with E-state index >= 15 is 0 Å². The smallest absolute Gasteiger partial charge is 0.270 e. The van der Waals surface area contributed by atoms with Crippen molar-refractivity contribution in [1.82, 2.24) is 0 Å². The van der Waals surface area contributed by atoms with Gasteiger partial charge in [-0.3, -0.25) is 14.9 Å². The Bertz CT molecular complexity index is 488. The molecule has 0 N–H and O–H groups in total. The van der Waals surface area contributed by atoms with Gasteiger partial charge < -0.3 is 9.64 Å². The molecule has 0 aliphatic rings. The molecule has 0 aliphatic heterocycles. The molecule has 0 aromatic heterocycles. The molecule has 0 amide bonds. The molecule has 1 atom stereocenters. The molecule has 104 valence electrons. The molecule has 1 aromatic carbocycles. The van der Waals surface area contributed by atoms with E-state index in [-0.39, 0.29) is 17.5 Å². The van der Waals surface area contributed by atoms with Gasteiger partial charge in [0, 0.05) is 43.6 Å². The number of nitro groups is 1. The number of anilines is 1. The molecule has 0 spiro atoms. The molecule has 19 heavy (non-hydrogen) atoms. The van der Waals surface area contributed by atoms with Crippen molar-refractivity contribution < 1.29 is 14.5 Å². The quantitative estimate of drug-likeness (QED) is 0.448. The summed E-state index contributed by atoms with van der Waals surface area (Å²) in [6.07, 6.45) is 0. The highest BCUT2D eigenvalue weighted by atomic mass is 16.6. The summed E-state index contributed by atoms with van der Waals surface area (Å²) >= 11 is 0. The van der Waals surface area contributed by atoms with Gasteiger partial charge in [-0.1, -0.05) is 0 Å². The third-order valence-corrected chi connectivity index (χ3v) is 3.02. The fourth-order valence-corrected chi connectivity index (χ4v) is 1.82. The second-order valence-electron chi connectivity index (χ2n) is 4.43. The van der Waals surface area contributed by atoms with Crippen LogP contribution in [0.5, 0.6) is 0 Å². The maximum Gasteiger partial charge on any atom is 0.270 e. The van der Waals surface area contributed by atoms with Crippen molar-refractivity contribution in [1.29, 1.82) is 0 Å². The third-order valence-electron chi connectivity index (χ3n) is 3.02. The number of methoxy groups -OCH3 is 1. The third kappa shape index (κ3) is 3.51. The van der Waals surface area contributed by atoms with E-state index in [4.69, 9.17) is 4.74 Å². The summed E-state index contributed by atoms with van der Waals surface area (Å²) in [5, 5.41) is 10.8. The number of carbonyl (C=O) groups excluding carboxylic acids is 1. The molecule has 6 heteroatoms. The molecule has 1 rings (SSSR count). The van der Waals surface area contributed by atoms with E-state index in [1.165, 1.54) is 19.1 Å². The van der Waals surface area contributed by atoms with E-state index in [1.54, 1.807) is 13.2 Å². The number of nitrogens with zero attached hydrogens (tertiary/aromatic N) is 2. The molecule has 0 bridgehead atoms. The van der Waals surface area contributed by atoms with E-state index in [0.717, 1.165) is 0 Å². The second kappa shape index (κ2) is 6.29. The first-order valence-electron chi connectivity index (χ1n) is 5.89. The number of ether oxygens (including phenoxy) is 1. The molecule has 1 unspecified atom stereocenters. The van der Waals surface area contributed by atoms with Crippen LogP contribution < -0.4 is 4.90 Å². The van der Waals surface area contributed by atoms with Crippen molar-refractivity contribution in [3.05, 3.63) is 33.9 Å². The zero-order chi connectivity index (χ0) is 14.6. The summed E-state index contributed by atoms with van der Waals surface area (Å²) < 4.78 is 5.07. The van der Waals surface area contributed by atoms with Gasteiger partial charge in [0.2, 0.25) is 0 Å². The second-order valence-corrected chi connectivity index (χ2v) is 4.43. The number of Topliss-reactive ketones (excluding diaryl/α,β-unsaturated/α-hetero) is 1. The number of benzene rings is 1. The Morgan fingerprint density at radius 3 is 2.63 bits per heavy atom. The summed E-state index contributed by atoms with van der Waals surface area (Å²) in [6.45, 7) is 3.86. The summed E-state index contributed by atoms with van der Waals surface area (Å²) in [5.74, 6) is -0.199.